The fraction of sp³-hybridized carbons (Fsp3) is 0.750. The van der Waals surface area contributed by atoms with E-state index >= 15 is 0 Å². The van der Waals surface area contributed by atoms with Gasteiger partial charge in [-0.2, -0.15) is 0 Å². The quantitative estimate of drug-likeness (QED) is 0.471. The Balaban J connectivity index is 4.23. The van der Waals surface area contributed by atoms with E-state index in [4.69, 9.17) is 11.6 Å². The largest absolute Gasteiger partial charge is 0.308 e. The smallest absolute Gasteiger partial charge is 0.159 e. The van der Waals surface area contributed by atoms with Crippen LogP contribution in [0.5, 0.6) is 0 Å². The van der Waals surface area contributed by atoms with Crippen LogP contribution in [0.25, 0.3) is 0 Å². The van der Waals surface area contributed by atoms with Crippen LogP contribution in [0.2, 0.25) is 0 Å². The predicted molar refractivity (Wildman–Crippen MR) is 48.5 cm³/mol. The van der Waals surface area contributed by atoms with Crippen LogP contribution in [0, 0.1) is 5.92 Å². The summed E-state index contributed by atoms with van der Waals surface area (Å²) in [5.74, 6) is -0.956. The molecule has 1 unspecified atom stereocenters. The van der Waals surface area contributed by atoms with Crippen LogP contribution in [-0.2, 0) is 9.59 Å². The minimum absolute atomic E-state index is 0.0852. The van der Waals surface area contributed by atoms with Gasteiger partial charge in [0.05, 0.1) is 11.8 Å². The van der Waals surface area contributed by atoms with Gasteiger partial charge in [-0.1, -0.05) is 0 Å². The van der Waals surface area contributed by atoms with E-state index in [2.05, 4.69) is 0 Å². The molecule has 0 aromatic heterocycles. The van der Waals surface area contributed by atoms with Crippen LogP contribution in [0.1, 0.15) is 6.92 Å². The molecule has 0 amide bonds. The number of hydrogen-bond acceptors (Lipinski definition) is 3. The van der Waals surface area contributed by atoms with Gasteiger partial charge in [0, 0.05) is 6.54 Å². The highest BCUT2D eigenvalue weighted by atomic mass is 35.5. The van der Waals surface area contributed by atoms with Crippen LogP contribution in [0.4, 0.5) is 0 Å². The van der Waals surface area contributed by atoms with Crippen molar-refractivity contribution in [1.29, 1.82) is 0 Å². The van der Waals surface area contributed by atoms with Crippen molar-refractivity contribution in [2.24, 2.45) is 5.92 Å². The third-order valence-corrected chi connectivity index (χ3v) is 1.82. The summed E-state index contributed by atoms with van der Waals surface area (Å²) >= 11 is 5.35. The molecule has 0 saturated heterocycles. The number of carbonyl (C=O) groups is 2. The molecule has 0 bridgehead atoms. The second kappa shape index (κ2) is 5.27. The molecule has 0 spiro atoms. The molecule has 4 heteroatoms. The van der Waals surface area contributed by atoms with Crippen molar-refractivity contribution in [2.45, 2.75) is 6.92 Å². The highest BCUT2D eigenvalue weighted by Gasteiger charge is 2.22. The Kier molecular flexibility index (Phi) is 5.09. The highest BCUT2D eigenvalue weighted by molar-refractivity contribution is 6.29. The average Bonchev–Trinajstić information content (AvgIpc) is 1.98. The van der Waals surface area contributed by atoms with E-state index in [1.807, 2.05) is 14.1 Å². The predicted octanol–water partition coefficient (Wildman–Crippen LogP) is 0.561. The first-order valence-corrected chi connectivity index (χ1v) is 4.26. The number of alkyl halides is 1. The normalized spacial score (nSPS) is 13.1. The maximum atomic E-state index is 11.1. The second-order valence-corrected chi connectivity index (χ2v) is 3.29. The summed E-state index contributed by atoms with van der Waals surface area (Å²) in [4.78, 5) is 23.9. The molecule has 0 aromatic rings. The first kappa shape index (κ1) is 11.6. The topological polar surface area (TPSA) is 37.4 Å². The van der Waals surface area contributed by atoms with Gasteiger partial charge in [-0.25, -0.2) is 0 Å². The van der Waals surface area contributed by atoms with E-state index in [0.29, 0.717) is 6.54 Å². The summed E-state index contributed by atoms with van der Waals surface area (Å²) in [7, 11) is 3.63. The minimum atomic E-state index is -0.558. The van der Waals surface area contributed by atoms with Crippen LogP contribution < -0.4 is 0 Å². The molecule has 0 fully saturated rings. The molecule has 1 atom stereocenters. The Morgan fingerprint density at radius 1 is 1.42 bits per heavy atom. The summed E-state index contributed by atoms with van der Waals surface area (Å²) in [5, 5.41) is 0. The molecule has 0 aliphatic carbocycles. The van der Waals surface area contributed by atoms with Gasteiger partial charge in [-0.05, 0) is 21.0 Å². The maximum Gasteiger partial charge on any atom is 0.159 e. The molecule has 12 heavy (non-hydrogen) atoms. The van der Waals surface area contributed by atoms with E-state index in [0.717, 1.165) is 0 Å². The van der Waals surface area contributed by atoms with Crippen LogP contribution in [0.15, 0.2) is 0 Å². The summed E-state index contributed by atoms with van der Waals surface area (Å²) < 4.78 is 0. The Hall–Kier alpha value is -0.410. The van der Waals surface area contributed by atoms with Gasteiger partial charge >= 0.3 is 0 Å². The molecule has 70 valence electrons. The van der Waals surface area contributed by atoms with Gasteiger partial charge < -0.3 is 4.90 Å². The Morgan fingerprint density at radius 2 is 1.92 bits per heavy atom. The first-order valence-electron chi connectivity index (χ1n) is 3.73. The van der Waals surface area contributed by atoms with E-state index in [1.54, 1.807) is 4.90 Å². The van der Waals surface area contributed by atoms with E-state index < -0.39 is 5.92 Å². The Bertz CT molecular complexity index is 180. The monoisotopic (exact) mass is 191 g/mol. The lowest BCUT2D eigenvalue weighted by Crippen LogP contribution is -2.33. The molecule has 0 aliphatic rings. The summed E-state index contributed by atoms with van der Waals surface area (Å²) in [6.07, 6.45) is 0. The summed E-state index contributed by atoms with van der Waals surface area (Å²) in [5.41, 5.74) is 0. The number of rotatable bonds is 5. The van der Waals surface area contributed by atoms with Gasteiger partial charge in [0.2, 0.25) is 0 Å². The molecule has 0 rings (SSSR count). The average molecular weight is 192 g/mol. The third kappa shape index (κ3) is 3.83. The molecule has 0 aliphatic heterocycles. The van der Waals surface area contributed by atoms with Crippen molar-refractivity contribution in [3.63, 3.8) is 0 Å². The number of hydrogen-bond donors (Lipinski definition) is 0. The van der Waals surface area contributed by atoms with Crippen molar-refractivity contribution in [1.82, 2.24) is 4.90 Å². The van der Waals surface area contributed by atoms with Gasteiger partial charge in [-0.15, -0.1) is 11.6 Å². The number of nitrogens with zero attached hydrogens (tertiary/aromatic N) is 1. The lowest BCUT2D eigenvalue weighted by atomic mass is 10.0. The molecular formula is C8H14ClNO2. The molecule has 3 nitrogen and oxygen atoms in total. The fourth-order valence-corrected chi connectivity index (χ4v) is 1.10. The van der Waals surface area contributed by atoms with Crippen molar-refractivity contribution in [3.05, 3.63) is 0 Å². The molecule has 0 N–H and O–H groups in total. The lowest BCUT2D eigenvalue weighted by molar-refractivity contribution is -0.130. The zero-order valence-electron chi connectivity index (χ0n) is 7.63. The standard InChI is InChI=1S/C8H14ClNO2/c1-6(11)7(5-10(2)3)8(12)4-9/h7H,4-5H2,1-3H3. The van der Waals surface area contributed by atoms with Crippen molar-refractivity contribution >= 4 is 23.2 Å². The third-order valence-electron chi connectivity index (χ3n) is 1.56. The molecule has 0 saturated carbocycles. The lowest BCUT2D eigenvalue weighted by Gasteiger charge is -2.16. The van der Waals surface area contributed by atoms with Crippen LogP contribution in [0.3, 0.4) is 0 Å². The molecule has 0 radical (unpaired) electrons. The number of halogens is 1. The van der Waals surface area contributed by atoms with Crippen LogP contribution >= 0.6 is 11.6 Å². The summed E-state index contributed by atoms with van der Waals surface area (Å²) in [6, 6.07) is 0. The van der Waals surface area contributed by atoms with E-state index in [-0.39, 0.29) is 17.4 Å². The van der Waals surface area contributed by atoms with Crippen molar-refractivity contribution < 1.29 is 9.59 Å². The zero-order chi connectivity index (χ0) is 9.72. The molecule has 0 heterocycles. The van der Waals surface area contributed by atoms with Crippen molar-refractivity contribution in [2.75, 3.05) is 26.5 Å². The minimum Gasteiger partial charge on any atom is -0.308 e. The van der Waals surface area contributed by atoms with E-state index in [1.165, 1.54) is 6.92 Å². The number of ketones is 2. The van der Waals surface area contributed by atoms with Gasteiger partial charge in [0.1, 0.15) is 5.78 Å². The van der Waals surface area contributed by atoms with Crippen molar-refractivity contribution in [3.8, 4) is 0 Å². The van der Waals surface area contributed by atoms with E-state index in [9.17, 15) is 9.59 Å². The summed E-state index contributed by atoms with van der Waals surface area (Å²) in [6.45, 7) is 1.86. The maximum absolute atomic E-state index is 11.1. The zero-order valence-corrected chi connectivity index (χ0v) is 8.39. The Labute approximate surface area is 77.7 Å². The van der Waals surface area contributed by atoms with Gasteiger partial charge in [-0.3, -0.25) is 9.59 Å². The number of Topliss-reactive ketones (excluding diaryl/α,β-unsaturated/α-hetero) is 2. The SMILES string of the molecule is CC(=O)C(CN(C)C)C(=O)CCl. The second-order valence-electron chi connectivity index (χ2n) is 3.03. The Morgan fingerprint density at radius 3 is 2.17 bits per heavy atom. The number of carbonyl (C=O) groups excluding carboxylic acids is 2. The highest BCUT2D eigenvalue weighted by Crippen LogP contribution is 2.03. The van der Waals surface area contributed by atoms with Gasteiger partial charge in [0.25, 0.3) is 0 Å². The van der Waals surface area contributed by atoms with Gasteiger partial charge in [0.15, 0.2) is 5.78 Å². The molecular weight excluding hydrogens is 178 g/mol. The molecule has 0 aromatic carbocycles. The van der Waals surface area contributed by atoms with Crippen LogP contribution in [-0.4, -0.2) is 43.0 Å². The fourth-order valence-electron chi connectivity index (χ4n) is 0.915. The first-order chi connectivity index (χ1) is 5.49.